The lowest BCUT2D eigenvalue weighted by molar-refractivity contribution is -0.0962. The molecule has 0 N–H and O–H groups in total. The lowest BCUT2D eigenvalue weighted by Crippen LogP contribution is -2.60. The molecule has 2 aliphatic heterocycles. The van der Waals surface area contributed by atoms with Crippen LogP contribution in [0.3, 0.4) is 0 Å². The molecular weight excluding hydrogens is 264 g/mol. The monoisotopic (exact) mass is 282 g/mol. The van der Waals surface area contributed by atoms with Crippen LogP contribution >= 0.6 is 11.5 Å². The summed E-state index contributed by atoms with van der Waals surface area (Å²) in [7, 11) is 0. The van der Waals surface area contributed by atoms with E-state index in [1.54, 1.807) is 5.38 Å². The number of nitrogens with zero attached hydrogens (tertiary/aromatic N) is 4. The molecule has 0 bridgehead atoms. The summed E-state index contributed by atoms with van der Waals surface area (Å²) >= 11 is 1.22. The molecule has 104 valence electrons. The predicted octanol–water partition coefficient (Wildman–Crippen LogP) is 0.473. The van der Waals surface area contributed by atoms with Gasteiger partial charge in [0.05, 0.1) is 18.8 Å². The zero-order valence-electron chi connectivity index (χ0n) is 11.0. The van der Waals surface area contributed by atoms with Crippen LogP contribution in [-0.2, 0) is 4.74 Å². The minimum Gasteiger partial charge on any atom is -0.375 e. The molecule has 0 saturated carbocycles. The van der Waals surface area contributed by atoms with E-state index in [2.05, 4.69) is 21.4 Å². The fraction of sp³-hybridized carbons (Fsp3) is 0.750. The van der Waals surface area contributed by atoms with Crippen molar-refractivity contribution in [3.8, 4) is 0 Å². The Morgan fingerprint density at radius 2 is 2.47 bits per heavy atom. The fourth-order valence-electron chi connectivity index (χ4n) is 2.94. The third kappa shape index (κ3) is 2.50. The average Bonchev–Trinajstić information content (AvgIpc) is 2.99. The normalized spacial score (nSPS) is 28.2. The van der Waals surface area contributed by atoms with E-state index in [0.717, 1.165) is 39.2 Å². The van der Waals surface area contributed by atoms with Crippen molar-refractivity contribution >= 4 is 17.4 Å². The molecule has 3 rings (SSSR count). The van der Waals surface area contributed by atoms with Gasteiger partial charge >= 0.3 is 0 Å². The molecule has 2 aliphatic rings. The molecule has 1 aromatic heterocycles. The number of piperidine rings is 1. The third-order valence-corrected chi connectivity index (χ3v) is 4.48. The number of likely N-dealkylation sites (tertiary alicyclic amines) is 1. The maximum absolute atomic E-state index is 12.3. The fourth-order valence-corrected chi connectivity index (χ4v) is 3.37. The number of aromatic nitrogens is 2. The Bertz CT molecular complexity index is 433. The first-order chi connectivity index (χ1) is 9.29. The highest BCUT2D eigenvalue weighted by Crippen LogP contribution is 2.23. The molecule has 2 saturated heterocycles. The van der Waals surface area contributed by atoms with Crippen LogP contribution in [0.25, 0.3) is 0 Å². The van der Waals surface area contributed by atoms with Gasteiger partial charge in [0.2, 0.25) is 0 Å². The second-order valence-corrected chi connectivity index (χ2v) is 5.54. The van der Waals surface area contributed by atoms with E-state index in [1.807, 2.05) is 4.90 Å². The number of carbonyl (C=O) groups is 1. The van der Waals surface area contributed by atoms with Gasteiger partial charge in [0.1, 0.15) is 0 Å². The molecule has 0 radical (unpaired) electrons. The van der Waals surface area contributed by atoms with Gasteiger partial charge in [-0.15, -0.1) is 5.10 Å². The summed E-state index contributed by atoms with van der Waals surface area (Å²) in [5.74, 6) is -0.00572. The summed E-state index contributed by atoms with van der Waals surface area (Å²) < 4.78 is 9.59. The lowest BCUT2D eigenvalue weighted by Gasteiger charge is -2.46. The maximum atomic E-state index is 12.3. The van der Waals surface area contributed by atoms with E-state index in [9.17, 15) is 4.79 Å². The first-order valence-corrected chi connectivity index (χ1v) is 7.55. The number of rotatable bonds is 2. The van der Waals surface area contributed by atoms with Gasteiger partial charge in [-0.05, 0) is 24.5 Å². The van der Waals surface area contributed by atoms with Gasteiger partial charge in [-0.2, -0.15) is 0 Å². The van der Waals surface area contributed by atoms with Gasteiger partial charge in [-0.1, -0.05) is 11.4 Å². The zero-order chi connectivity index (χ0) is 13.2. The van der Waals surface area contributed by atoms with E-state index in [0.29, 0.717) is 11.7 Å². The Kier molecular flexibility index (Phi) is 3.76. The third-order valence-electron chi connectivity index (χ3n) is 3.97. The smallest absolute Gasteiger partial charge is 0.275 e. The molecule has 3 heterocycles. The van der Waals surface area contributed by atoms with Crippen molar-refractivity contribution in [2.45, 2.75) is 25.5 Å². The van der Waals surface area contributed by atoms with Crippen LogP contribution in [0.4, 0.5) is 0 Å². The highest BCUT2D eigenvalue weighted by molar-refractivity contribution is 7.03. The molecule has 6 nitrogen and oxygen atoms in total. The summed E-state index contributed by atoms with van der Waals surface area (Å²) in [6, 6.07) is 0.322. The predicted molar refractivity (Wildman–Crippen MR) is 71.2 cm³/mol. The topological polar surface area (TPSA) is 58.6 Å². The van der Waals surface area contributed by atoms with Crippen LogP contribution in [0.5, 0.6) is 0 Å². The van der Waals surface area contributed by atoms with Gasteiger partial charge in [-0.25, -0.2) is 0 Å². The minimum absolute atomic E-state index is 0.00572. The average molecular weight is 282 g/mol. The molecule has 0 unspecified atom stereocenters. The Balaban J connectivity index is 1.71. The van der Waals surface area contributed by atoms with Gasteiger partial charge in [0.15, 0.2) is 5.69 Å². The molecule has 0 spiro atoms. The number of hydrogen-bond acceptors (Lipinski definition) is 6. The van der Waals surface area contributed by atoms with Gasteiger partial charge in [0, 0.05) is 25.0 Å². The first-order valence-electron chi connectivity index (χ1n) is 6.71. The van der Waals surface area contributed by atoms with Crippen LogP contribution in [0.1, 0.15) is 23.8 Å². The summed E-state index contributed by atoms with van der Waals surface area (Å²) in [5, 5.41) is 5.58. The van der Waals surface area contributed by atoms with Crippen molar-refractivity contribution in [3.63, 3.8) is 0 Å². The summed E-state index contributed by atoms with van der Waals surface area (Å²) in [4.78, 5) is 16.6. The molecule has 7 heteroatoms. The van der Waals surface area contributed by atoms with Crippen molar-refractivity contribution in [3.05, 3.63) is 11.1 Å². The largest absolute Gasteiger partial charge is 0.375 e. The van der Waals surface area contributed by atoms with Crippen LogP contribution < -0.4 is 0 Å². The van der Waals surface area contributed by atoms with E-state index >= 15 is 0 Å². The van der Waals surface area contributed by atoms with E-state index < -0.39 is 0 Å². The molecule has 1 amide bonds. The second kappa shape index (κ2) is 5.52. The van der Waals surface area contributed by atoms with Crippen LogP contribution in [0.2, 0.25) is 0 Å². The van der Waals surface area contributed by atoms with Gasteiger partial charge < -0.3 is 9.64 Å². The number of hydrogen-bond donors (Lipinski definition) is 0. The van der Waals surface area contributed by atoms with Crippen molar-refractivity contribution < 1.29 is 9.53 Å². The van der Waals surface area contributed by atoms with Gasteiger partial charge in [0.25, 0.3) is 5.91 Å². The number of morpholine rings is 1. The molecule has 0 aromatic carbocycles. The molecule has 1 aromatic rings. The number of fused-ring (bicyclic) bond motifs is 1. The molecule has 2 fully saturated rings. The number of amides is 1. The summed E-state index contributed by atoms with van der Waals surface area (Å²) in [6.07, 6.45) is 1.18. The van der Waals surface area contributed by atoms with Crippen molar-refractivity contribution in [1.29, 1.82) is 0 Å². The maximum Gasteiger partial charge on any atom is 0.275 e. The summed E-state index contributed by atoms with van der Waals surface area (Å²) in [6.45, 7) is 6.40. The van der Waals surface area contributed by atoms with Crippen molar-refractivity contribution in [1.82, 2.24) is 19.4 Å². The Morgan fingerprint density at radius 1 is 1.58 bits per heavy atom. The Morgan fingerprint density at radius 3 is 3.21 bits per heavy atom. The first kappa shape index (κ1) is 13.0. The Hall–Kier alpha value is -1.05. The van der Waals surface area contributed by atoms with E-state index in [-0.39, 0.29) is 12.0 Å². The van der Waals surface area contributed by atoms with Crippen LogP contribution in [0, 0.1) is 0 Å². The van der Waals surface area contributed by atoms with E-state index in [4.69, 9.17) is 4.74 Å². The highest BCUT2D eigenvalue weighted by Gasteiger charge is 2.38. The number of carbonyl (C=O) groups excluding carboxylic acids is 1. The molecule has 2 atom stereocenters. The van der Waals surface area contributed by atoms with Crippen molar-refractivity contribution in [2.75, 3.05) is 32.8 Å². The Labute approximate surface area is 116 Å². The second-order valence-electron chi connectivity index (χ2n) is 4.94. The number of likely N-dealkylation sites (N-methyl/N-ethyl adjacent to an activating group) is 1. The SMILES string of the molecule is CCN1CCO[C@H]2CCN(C(=O)c3csnn3)C[C@@H]21. The highest BCUT2D eigenvalue weighted by atomic mass is 32.1. The molecule has 0 aliphatic carbocycles. The van der Waals surface area contributed by atoms with Gasteiger partial charge in [-0.3, -0.25) is 9.69 Å². The lowest BCUT2D eigenvalue weighted by atomic mass is 9.98. The number of ether oxygens (including phenoxy) is 1. The standard InChI is InChI=1S/C12H18N4O2S/c1-2-15-5-6-18-11-3-4-16(7-10(11)15)12(17)9-8-19-14-13-9/h8,10-11H,2-7H2,1H3/t10-,11-/m0/s1. The minimum atomic E-state index is -0.00572. The van der Waals surface area contributed by atoms with E-state index in [1.165, 1.54) is 11.5 Å². The van der Waals surface area contributed by atoms with Crippen molar-refractivity contribution in [2.24, 2.45) is 0 Å². The van der Waals surface area contributed by atoms with Crippen LogP contribution in [-0.4, -0.2) is 70.2 Å². The quantitative estimate of drug-likeness (QED) is 0.789. The molecule has 19 heavy (non-hydrogen) atoms. The van der Waals surface area contributed by atoms with Crippen LogP contribution in [0.15, 0.2) is 5.38 Å². The molecular formula is C12H18N4O2S. The summed E-state index contributed by atoms with van der Waals surface area (Å²) in [5.41, 5.74) is 0.461. The zero-order valence-corrected chi connectivity index (χ0v) is 11.8.